The van der Waals surface area contributed by atoms with Gasteiger partial charge in [-0.25, -0.2) is 0 Å². The number of nitrogens with one attached hydrogen (secondary N) is 2. The molecule has 0 bridgehead atoms. The first-order chi connectivity index (χ1) is 14.7. The van der Waals surface area contributed by atoms with E-state index in [1.807, 2.05) is 23.1 Å². The topological polar surface area (TPSA) is 72.7 Å². The number of aromatic nitrogens is 2. The molecule has 1 aliphatic rings. The fourth-order valence-electron chi connectivity index (χ4n) is 3.96. The Morgan fingerprint density at radius 2 is 2.13 bits per heavy atom. The minimum atomic E-state index is -0.0764. The lowest BCUT2D eigenvalue weighted by atomic mass is 9.73. The zero-order valence-electron chi connectivity index (χ0n) is 18.5. The van der Waals surface area contributed by atoms with Crippen molar-refractivity contribution >= 4 is 5.96 Å². The molecule has 0 unspecified atom stereocenters. The summed E-state index contributed by atoms with van der Waals surface area (Å²) < 4.78 is 13.4. The molecule has 2 heterocycles. The van der Waals surface area contributed by atoms with Crippen LogP contribution in [-0.4, -0.2) is 55.7 Å². The SMILES string of the molecule is CCNC(=NCC1(c2cc(C)ccc2OC)CCOCC1)NCCCn1cccn1. The second-order valence-corrected chi connectivity index (χ2v) is 7.84. The van der Waals surface area contributed by atoms with Crippen molar-refractivity contribution in [1.29, 1.82) is 0 Å². The summed E-state index contributed by atoms with van der Waals surface area (Å²) in [6, 6.07) is 8.38. The highest BCUT2D eigenvalue weighted by molar-refractivity contribution is 5.79. The van der Waals surface area contributed by atoms with Crippen molar-refractivity contribution in [3.05, 3.63) is 47.8 Å². The summed E-state index contributed by atoms with van der Waals surface area (Å²) >= 11 is 0. The summed E-state index contributed by atoms with van der Waals surface area (Å²) in [5.41, 5.74) is 2.41. The van der Waals surface area contributed by atoms with Crippen LogP contribution < -0.4 is 15.4 Å². The van der Waals surface area contributed by atoms with Crippen molar-refractivity contribution < 1.29 is 9.47 Å². The van der Waals surface area contributed by atoms with E-state index in [-0.39, 0.29) is 5.41 Å². The molecule has 0 atom stereocenters. The van der Waals surface area contributed by atoms with Crippen LogP contribution in [0.15, 0.2) is 41.7 Å². The van der Waals surface area contributed by atoms with Gasteiger partial charge in [0.1, 0.15) is 5.75 Å². The van der Waals surface area contributed by atoms with Gasteiger partial charge in [-0.3, -0.25) is 9.67 Å². The smallest absolute Gasteiger partial charge is 0.191 e. The monoisotopic (exact) mass is 413 g/mol. The first-order valence-electron chi connectivity index (χ1n) is 10.9. The van der Waals surface area contributed by atoms with Gasteiger partial charge in [-0.2, -0.15) is 5.10 Å². The summed E-state index contributed by atoms with van der Waals surface area (Å²) in [6.07, 6.45) is 6.66. The highest BCUT2D eigenvalue weighted by Crippen LogP contribution is 2.40. The number of aryl methyl sites for hydroxylation is 2. The molecule has 1 aliphatic heterocycles. The van der Waals surface area contributed by atoms with E-state index in [9.17, 15) is 0 Å². The van der Waals surface area contributed by atoms with Crippen LogP contribution in [0.5, 0.6) is 5.75 Å². The predicted octanol–water partition coefficient (Wildman–Crippen LogP) is 2.89. The molecule has 7 nitrogen and oxygen atoms in total. The van der Waals surface area contributed by atoms with Crippen molar-refractivity contribution in [3.8, 4) is 5.75 Å². The van der Waals surface area contributed by atoms with E-state index >= 15 is 0 Å². The third-order valence-corrected chi connectivity index (χ3v) is 5.68. The van der Waals surface area contributed by atoms with Crippen LogP contribution in [0.2, 0.25) is 0 Å². The Balaban J connectivity index is 1.72. The van der Waals surface area contributed by atoms with E-state index in [1.54, 1.807) is 7.11 Å². The lowest BCUT2D eigenvalue weighted by Crippen LogP contribution is -2.41. The van der Waals surface area contributed by atoms with E-state index in [2.05, 4.69) is 47.8 Å². The van der Waals surface area contributed by atoms with Gasteiger partial charge in [0.25, 0.3) is 0 Å². The lowest BCUT2D eigenvalue weighted by molar-refractivity contribution is 0.0522. The molecule has 2 N–H and O–H groups in total. The first-order valence-corrected chi connectivity index (χ1v) is 10.9. The second-order valence-electron chi connectivity index (χ2n) is 7.84. The van der Waals surface area contributed by atoms with Crippen LogP contribution in [0.1, 0.15) is 37.3 Å². The Labute approximate surface area is 179 Å². The zero-order chi connectivity index (χ0) is 21.2. The van der Waals surface area contributed by atoms with Gasteiger partial charge in [-0.1, -0.05) is 17.7 Å². The number of methoxy groups -OCH3 is 1. The number of rotatable bonds is 9. The summed E-state index contributed by atoms with van der Waals surface area (Å²) in [5.74, 6) is 1.80. The number of ether oxygens (including phenoxy) is 2. The minimum absolute atomic E-state index is 0.0764. The maximum Gasteiger partial charge on any atom is 0.191 e. The van der Waals surface area contributed by atoms with Crippen molar-refractivity contribution in [3.63, 3.8) is 0 Å². The van der Waals surface area contributed by atoms with Crippen molar-refractivity contribution in [2.24, 2.45) is 4.99 Å². The first kappa shape index (κ1) is 22.2. The van der Waals surface area contributed by atoms with Gasteiger partial charge in [0.2, 0.25) is 0 Å². The maximum absolute atomic E-state index is 5.72. The molecular weight excluding hydrogens is 378 g/mol. The highest BCUT2D eigenvalue weighted by atomic mass is 16.5. The molecule has 0 spiro atoms. The number of guanidine groups is 1. The molecule has 1 saturated heterocycles. The largest absolute Gasteiger partial charge is 0.496 e. The van der Waals surface area contributed by atoms with Crippen molar-refractivity contribution in [1.82, 2.24) is 20.4 Å². The summed E-state index contributed by atoms with van der Waals surface area (Å²) in [7, 11) is 1.75. The van der Waals surface area contributed by atoms with E-state index < -0.39 is 0 Å². The molecule has 0 saturated carbocycles. The van der Waals surface area contributed by atoms with Gasteiger partial charge in [0, 0.05) is 56.2 Å². The molecule has 1 aromatic heterocycles. The van der Waals surface area contributed by atoms with E-state index in [0.717, 1.165) is 63.8 Å². The molecule has 164 valence electrons. The standard InChI is InChI=1S/C23H35N5O2/c1-4-24-22(25-11-5-13-28-14-6-12-27-28)26-18-23(9-15-30-16-10-23)20-17-19(2)7-8-21(20)29-3/h6-8,12,14,17H,4-5,9-11,13,15-16,18H2,1-3H3,(H2,24,25,26). The van der Waals surface area contributed by atoms with E-state index in [0.29, 0.717) is 6.54 Å². The number of benzene rings is 1. The number of aliphatic imine (C=N–C) groups is 1. The number of hydrogen-bond acceptors (Lipinski definition) is 4. The second kappa shape index (κ2) is 11.0. The maximum atomic E-state index is 5.72. The van der Waals surface area contributed by atoms with Gasteiger partial charge in [-0.05, 0) is 45.2 Å². The van der Waals surface area contributed by atoms with Gasteiger partial charge < -0.3 is 20.1 Å². The van der Waals surface area contributed by atoms with Crippen LogP contribution in [0.4, 0.5) is 0 Å². The molecule has 1 aromatic carbocycles. The van der Waals surface area contributed by atoms with Crippen molar-refractivity contribution in [2.45, 2.75) is 45.1 Å². The third kappa shape index (κ3) is 5.75. The molecule has 3 rings (SSSR count). The van der Waals surface area contributed by atoms with Gasteiger partial charge in [0.05, 0.1) is 13.7 Å². The van der Waals surface area contributed by atoms with Gasteiger partial charge in [0.15, 0.2) is 5.96 Å². The van der Waals surface area contributed by atoms with E-state index in [4.69, 9.17) is 14.5 Å². The molecule has 7 heteroatoms. The van der Waals surface area contributed by atoms with Gasteiger partial charge in [-0.15, -0.1) is 0 Å². The van der Waals surface area contributed by atoms with Crippen LogP contribution in [0, 0.1) is 6.92 Å². The van der Waals surface area contributed by atoms with Crippen LogP contribution >= 0.6 is 0 Å². The summed E-state index contributed by atoms with van der Waals surface area (Å²) in [5, 5.41) is 11.1. The number of nitrogens with zero attached hydrogens (tertiary/aromatic N) is 3. The average molecular weight is 414 g/mol. The quantitative estimate of drug-likeness (QED) is 0.376. The molecule has 0 radical (unpaired) electrons. The lowest BCUT2D eigenvalue weighted by Gasteiger charge is -2.37. The fourth-order valence-corrected chi connectivity index (χ4v) is 3.96. The van der Waals surface area contributed by atoms with Gasteiger partial charge >= 0.3 is 0 Å². The molecule has 2 aromatic rings. The molecule has 1 fully saturated rings. The Hall–Kier alpha value is -2.54. The molecule has 0 amide bonds. The fraction of sp³-hybridized carbons (Fsp3) is 0.565. The van der Waals surface area contributed by atoms with E-state index in [1.165, 1.54) is 11.1 Å². The Morgan fingerprint density at radius 3 is 2.83 bits per heavy atom. The predicted molar refractivity (Wildman–Crippen MR) is 120 cm³/mol. The third-order valence-electron chi connectivity index (χ3n) is 5.68. The van der Waals surface area contributed by atoms with Crippen molar-refractivity contribution in [2.75, 3.05) is 40.0 Å². The molecule has 0 aliphatic carbocycles. The molecular formula is C23H35N5O2. The Morgan fingerprint density at radius 1 is 1.30 bits per heavy atom. The minimum Gasteiger partial charge on any atom is -0.496 e. The average Bonchev–Trinajstić information content (AvgIpc) is 3.29. The van der Waals surface area contributed by atoms with Crippen LogP contribution in [0.3, 0.4) is 0 Å². The summed E-state index contributed by atoms with van der Waals surface area (Å²) in [4.78, 5) is 4.99. The Bertz CT molecular complexity index is 798. The van der Waals surface area contributed by atoms with Crippen LogP contribution in [-0.2, 0) is 16.7 Å². The zero-order valence-corrected chi connectivity index (χ0v) is 18.5. The highest BCUT2D eigenvalue weighted by Gasteiger charge is 2.37. The summed E-state index contributed by atoms with van der Waals surface area (Å²) in [6.45, 7) is 8.98. The Kier molecular flexibility index (Phi) is 8.13. The normalized spacial score (nSPS) is 16.3. The molecule has 30 heavy (non-hydrogen) atoms. The number of hydrogen-bond donors (Lipinski definition) is 2. The van der Waals surface area contributed by atoms with Crippen LogP contribution in [0.25, 0.3) is 0 Å².